The van der Waals surface area contributed by atoms with Crippen LogP contribution in [0.4, 0.5) is 11.4 Å². The van der Waals surface area contributed by atoms with Crippen molar-refractivity contribution in [1.29, 1.82) is 0 Å². The molecule has 6 nitrogen and oxygen atoms in total. The third-order valence-electron chi connectivity index (χ3n) is 5.30. The van der Waals surface area contributed by atoms with E-state index in [1.807, 2.05) is 36.4 Å². The van der Waals surface area contributed by atoms with Crippen molar-refractivity contribution in [2.45, 2.75) is 13.8 Å². The lowest BCUT2D eigenvalue weighted by Crippen LogP contribution is -2.46. The SMILES string of the molecule is CCN1CCN(c2ccc(NC(=O)c3n[nH]c4ccccc34)cc2C)CC1. The summed E-state index contributed by atoms with van der Waals surface area (Å²) in [4.78, 5) is 17.5. The van der Waals surface area contributed by atoms with Gasteiger partial charge in [-0.25, -0.2) is 0 Å². The first-order valence-corrected chi connectivity index (χ1v) is 9.48. The van der Waals surface area contributed by atoms with Crippen LogP contribution in [0.5, 0.6) is 0 Å². The molecule has 3 aromatic rings. The summed E-state index contributed by atoms with van der Waals surface area (Å²) in [5.41, 5.74) is 4.49. The molecule has 1 saturated heterocycles. The maximum atomic E-state index is 12.6. The molecule has 6 heteroatoms. The van der Waals surface area contributed by atoms with Crippen molar-refractivity contribution in [2.75, 3.05) is 42.9 Å². The second-order valence-electron chi connectivity index (χ2n) is 6.99. The van der Waals surface area contributed by atoms with Crippen LogP contribution in [0, 0.1) is 6.92 Å². The molecule has 0 atom stereocenters. The quantitative estimate of drug-likeness (QED) is 0.747. The minimum absolute atomic E-state index is 0.198. The number of anilines is 2. The topological polar surface area (TPSA) is 64.3 Å². The van der Waals surface area contributed by atoms with Gasteiger partial charge in [-0.2, -0.15) is 5.10 Å². The van der Waals surface area contributed by atoms with E-state index < -0.39 is 0 Å². The summed E-state index contributed by atoms with van der Waals surface area (Å²) in [5, 5.41) is 10.9. The van der Waals surface area contributed by atoms with E-state index in [0.29, 0.717) is 5.69 Å². The first kappa shape index (κ1) is 17.5. The van der Waals surface area contributed by atoms with Crippen molar-refractivity contribution in [2.24, 2.45) is 0 Å². The van der Waals surface area contributed by atoms with Crippen molar-refractivity contribution in [3.63, 3.8) is 0 Å². The van der Waals surface area contributed by atoms with Gasteiger partial charge in [-0.1, -0.05) is 25.1 Å². The van der Waals surface area contributed by atoms with Crippen molar-refractivity contribution < 1.29 is 4.79 Å². The maximum absolute atomic E-state index is 12.6. The molecule has 0 unspecified atom stereocenters. The number of nitrogens with one attached hydrogen (secondary N) is 2. The van der Waals surface area contributed by atoms with Gasteiger partial charge in [-0.3, -0.25) is 9.89 Å². The lowest BCUT2D eigenvalue weighted by molar-refractivity contribution is 0.102. The summed E-state index contributed by atoms with van der Waals surface area (Å²) in [7, 11) is 0. The Morgan fingerprint density at radius 3 is 2.67 bits per heavy atom. The van der Waals surface area contributed by atoms with E-state index >= 15 is 0 Å². The monoisotopic (exact) mass is 363 g/mol. The van der Waals surface area contributed by atoms with Gasteiger partial charge < -0.3 is 15.1 Å². The molecule has 1 amide bonds. The minimum Gasteiger partial charge on any atom is -0.369 e. The number of hydrogen-bond acceptors (Lipinski definition) is 4. The molecular weight excluding hydrogens is 338 g/mol. The average Bonchev–Trinajstić information content (AvgIpc) is 3.12. The number of carbonyl (C=O) groups is 1. The summed E-state index contributed by atoms with van der Waals surface area (Å²) in [6.45, 7) is 9.70. The average molecular weight is 363 g/mol. The van der Waals surface area contributed by atoms with Gasteiger partial charge in [0.25, 0.3) is 5.91 Å². The Bertz CT molecular complexity index is 956. The number of likely N-dealkylation sites (N-methyl/N-ethyl adjacent to an activating group) is 1. The zero-order valence-electron chi connectivity index (χ0n) is 15.8. The molecule has 1 aliphatic heterocycles. The van der Waals surface area contributed by atoms with Gasteiger partial charge in [0, 0.05) is 42.9 Å². The number of aromatic amines is 1. The number of para-hydroxylation sites is 1. The molecule has 0 spiro atoms. The Morgan fingerprint density at radius 2 is 1.93 bits per heavy atom. The molecule has 2 heterocycles. The fraction of sp³-hybridized carbons (Fsp3) is 0.333. The van der Waals surface area contributed by atoms with Crippen LogP contribution in [0.3, 0.4) is 0 Å². The molecule has 1 aromatic heterocycles. The van der Waals surface area contributed by atoms with Gasteiger partial charge >= 0.3 is 0 Å². The Hall–Kier alpha value is -2.86. The standard InChI is InChI=1S/C21H25N5O/c1-3-25-10-12-26(13-11-25)19-9-8-16(14-15(19)2)22-21(27)20-17-6-4-5-7-18(17)23-24-20/h4-9,14H,3,10-13H2,1-2H3,(H,22,27)(H,23,24). The number of benzene rings is 2. The molecule has 2 aromatic carbocycles. The molecule has 0 radical (unpaired) electrons. The van der Waals surface area contributed by atoms with Gasteiger partial charge in [0.2, 0.25) is 0 Å². The smallest absolute Gasteiger partial charge is 0.276 e. The Morgan fingerprint density at radius 1 is 1.15 bits per heavy atom. The first-order chi connectivity index (χ1) is 13.2. The number of amides is 1. The molecular formula is C21H25N5O. The number of carbonyl (C=O) groups excluding carboxylic acids is 1. The van der Waals surface area contributed by atoms with Gasteiger partial charge in [0.1, 0.15) is 0 Å². The van der Waals surface area contributed by atoms with Crippen LogP contribution in [0.15, 0.2) is 42.5 Å². The van der Waals surface area contributed by atoms with Crippen LogP contribution in [-0.4, -0.2) is 53.7 Å². The molecule has 1 aliphatic rings. The predicted octanol–water partition coefficient (Wildman–Crippen LogP) is 3.27. The van der Waals surface area contributed by atoms with E-state index in [2.05, 4.69) is 45.2 Å². The second kappa shape index (κ2) is 7.40. The van der Waals surface area contributed by atoms with Crippen LogP contribution in [0.2, 0.25) is 0 Å². The largest absolute Gasteiger partial charge is 0.369 e. The number of fused-ring (bicyclic) bond motifs is 1. The number of nitrogens with zero attached hydrogens (tertiary/aromatic N) is 3. The molecule has 27 heavy (non-hydrogen) atoms. The van der Waals surface area contributed by atoms with E-state index in [1.165, 1.54) is 11.3 Å². The second-order valence-corrected chi connectivity index (χ2v) is 6.99. The Balaban J connectivity index is 1.49. The van der Waals surface area contributed by atoms with Crippen LogP contribution in [-0.2, 0) is 0 Å². The fourth-order valence-corrected chi connectivity index (χ4v) is 3.72. The summed E-state index contributed by atoms with van der Waals surface area (Å²) >= 11 is 0. The number of hydrogen-bond donors (Lipinski definition) is 2. The van der Waals surface area contributed by atoms with Crippen molar-refractivity contribution in [3.8, 4) is 0 Å². The fourth-order valence-electron chi connectivity index (χ4n) is 3.72. The van der Waals surface area contributed by atoms with Crippen LogP contribution < -0.4 is 10.2 Å². The summed E-state index contributed by atoms with van der Waals surface area (Å²) in [5.74, 6) is -0.198. The van der Waals surface area contributed by atoms with Gasteiger partial charge in [-0.15, -0.1) is 0 Å². The van der Waals surface area contributed by atoms with Crippen molar-refractivity contribution in [3.05, 3.63) is 53.7 Å². The zero-order chi connectivity index (χ0) is 18.8. The highest BCUT2D eigenvalue weighted by Crippen LogP contribution is 2.25. The highest BCUT2D eigenvalue weighted by Gasteiger charge is 2.18. The van der Waals surface area contributed by atoms with E-state index in [4.69, 9.17) is 0 Å². The lowest BCUT2D eigenvalue weighted by atomic mass is 10.1. The normalized spacial score (nSPS) is 15.3. The van der Waals surface area contributed by atoms with Crippen LogP contribution in [0.1, 0.15) is 23.0 Å². The van der Waals surface area contributed by atoms with Crippen molar-refractivity contribution in [1.82, 2.24) is 15.1 Å². The highest BCUT2D eigenvalue weighted by atomic mass is 16.1. The lowest BCUT2D eigenvalue weighted by Gasteiger charge is -2.36. The molecule has 0 bridgehead atoms. The van der Waals surface area contributed by atoms with Crippen LogP contribution in [0.25, 0.3) is 10.9 Å². The Kier molecular flexibility index (Phi) is 4.81. The Labute approximate surface area is 159 Å². The maximum Gasteiger partial charge on any atom is 0.276 e. The number of piperazine rings is 1. The first-order valence-electron chi connectivity index (χ1n) is 9.48. The predicted molar refractivity (Wildman–Crippen MR) is 110 cm³/mol. The minimum atomic E-state index is -0.198. The number of rotatable bonds is 4. The third-order valence-corrected chi connectivity index (χ3v) is 5.30. The number of aromatic nitrogens is 2. The molecule has 0 aliphatic carbocycles. The molecule has 0 saturated carbocycles. The molecule has 1 fully saturated rings. The molecule has 140 valence electrons. The van der Waals surface area contributed by atoms with E-state index in [1.54, 1.807) is 0 Å². The van der Waals surface area contributed by atoms with E-state index in [9.17, 15) is 4.79 Å². The van der Waals surface area contributed by atoms with E-state index in [0.717, 1.165) is 49.3 Å². The summed E-state index contributed by atoms with van der Waals surface area (Å²) in [6, 6.07) is 13.8. The van der Waals surface area contributed by atoms with Gasteiger partial charge in [0.05, 0.1) is 5.52 Å². The van der Waals surface area contributed by atoms with Gasteiger partial charge in [0.15, 0.2) is 5.69 Å². The van der Waals surface area contributed by atoms with E-state index in [-0.39, 0.29) is 5.91 Å². The highest BCUT2D eigenvalue weighted by molar-refractivity contribution is 6.11. The number of aryl methyl sites for hydroxylation is 1. The van der Waals surface area contributed by atoms with Gasteiger partial charge in [-0.05, 0) is 43.3 Å². The third kappa shape index (κ3) is 3.53. The number of H-pyrrole nitrogens is 1. The van der Waals surface area contributed by atoms with Crippen molar-refractivity contribution >= 4 is 28.2 Å². The zero-order valence-corrected chi connectivity index (χ0v) is 15.8. The summed E-state index contributed by atoms with van der Waals surface area (Å²) < 4.78 is 0. The van der Waals surface area contributed by atoms with Crippen LogP contribution >= 0.6 is 0 Å². The molecule has 4 rings (SSSR count). The summed E-state index contributed by atoms with van der Waals surface area (Å²) in [6.07, 6.45) is 0. The molecule has 2 N–H and O–H groups in total.